The van der Waals surface area contributed by atoms with Gasteiger partial charge in [-0.15, -0.1) is 0 Å². The molecule has 2 heterocycles. The zero-order valence-corrected chi connectivity index (χ0v) is 25.6. The number of hydroxylamine groups is 1. The number of carbonyl (C=O) groups excluding carboxylic acids is 1. The predicted molar refractivity (Wildman–Crippen MR) is 173 cm³/mol. The molecule has 240 valence electrons. The normalized spacial score (nSPS) is 15.1. The number of carbonyl (C=O) groups is 1. The van der Waals surface area contributed by atoms with Crippen molar-refractivity contribution < 1.29 is 22.8 Å². The van der Waals surface area contributed by atoms with Crippen LogP contribution in [0.4, 0.5) is 42.0 Å². The Morgan fingerprint density at radius 1 is 1.04 bits per heavy atom. The van der Waals surface area contributed by atoms with Gasteiger partial charge < -0.3 is 20.9 Å². The van der Waals surface area contributed by atoms with Gasteiger partial charge in [-0.05, 0) is 73.5 Å². The molecule has 5 rings (SSSR count). The monoisotopic (exact) mass is 631 g/mol. The molecule has 46 heavy (non-hydrogen) atoms. The van der Waals surface area contributed by atoms with Gasteiger partial charge in [-0.1, -0.05) is 42.5 Å². The number of amides is 1. The fraction of sp³-hybridized carbons (Fsp3) is 0.265. The predicted octanol–water partition coefficient (Wildman–Crippen LogP) is 7.60. The maximum Gasteiger partial charge on any atom is 0.421 e. The number of alkyl halides is 3. The second-order valence-electron chi connectivity index (χ2n) is 10.9. The largest absolute Gasteiger partial charge is 0.421 e. The highest BCUT2D eigenvalue weighted by Gasteiger charge is 2.35. The maximum absolute atomic E-state index is 13.8. The minimum Gasteiger partial charge on any atom is -0.381 e. The van der Waals surface area contributed by atoms with Crippen LogP contribution in [0.2, 0.25) is 0 Å². The molecule has 1 aliphatic heterocycles. The number of rotatable bonds is 11. The Balaban J connectivity index is 1.25. The minimum absolute atomic E-state index is 0.0484. The van der Waals surface area contributed by atoms with Crippen molar-refractivity contribution in [3.63, 3.8) is 0 Å². The summed E-state index contributed by atoms with van der Waals surface area (Å²) in [7, 11) is 1.26. The average Bonchev–Trinajstić information content (AvgIpc) is 3.05. The van der Waals surface area contributed by atoms with Gasteiger partial charge in [-0.25, -0.2) is 10.5 Å². The molecule has 0 saturated carbocycles. The first-order valence-electron chi connectivity index (χ1n) is 14.9. The van der Waals surface area contributed by atoms with E-state index in [0.717, 1.165) is 24.3 Å². The second-order valence-corrected chi connectivity index (χ2v) is 10.9. The van der Waals surface area contributed by atoms with Crippen molar-refractivity contribution in [3.8, 4) is 0 Å². The average molecular weight is 632 g/mol. The lowest BCUT2D eigenvalue weighted by molar-refractivity contribution is -0.137. The fourth-order valence-electron chi connectivity index (χ4n) is 5.38. The lowest BCUT2D eigenvalue weighted by Gasteiger charge is -2.32. The van der Waals surface area contributed by atoms with E-state index in [1.807, 2.05) is 31.2 Å². The molecule has 0 spiro atoms. The number of nitrogens with one attached hydrogen (secondary N) is 4. The summed E-state index contributed by atoms with van der Waals surface area (Å²) >= 11 is 0. The van der Waals surface area contributed by atoms with Gasteiger partial charge in [0.2, 0.25) is 5.95 Å². The number of benzene rings is 3. The van der Waals surface area contributed by atoms with Gasteiger partial charge >= 0.3 is 6.18 Å². The molecule has 3 aromatic carbocycles. The highest BCUT2D eigenvalue weighted by atomic mass is 19.4. The molecule has 4 N–H and O–H groups in total. The molecule has 4 aromatic rings. The van der Waals surface area contributed by atoms with E-state index in [0.29, 0.717) is 24.3 Å². The van der Waals surface area contributed by atoms with Crippen molar-refractivity contribution in [1.82, 2.24) is 20.3 Å². The Morgan fingerprint density at radius 3 is 2.61 bits per heavy atom. The van der Waals surface area contributed by atoms with Crippen LogP contribution in [0.15, 0.2) is 91.3 Å². The number of anilines is 5. The first-order chi connectivity index (χ1) is 22.2. The van der Waals surface area contributed by atoms with Crippen LogP contribution in [0, 0.1) is 0 Å². The van der Waals surface area contributed by atoms with Crippen LogP contribution in [0.5, 0.6) is 0 Å². The molecule has 1 fully saturated rings. The number of allylic oxidation sites excluding steroid dienone is 1. The topological polar surface area (TPSA) is 103 Å². The number of hydrogen-bond donors (Lipinski definition) is 4. The smallest absolute Gasteiger partial charge is 0.381 e. The van der Waals surface area contributed by atoms with Gasteiger partial charge in [0.1, 0.15) is 11.4 Å². The van der Waals surface area contributed by atoms with Crippen LogP contribution >= 0.6 is 0 Å². The van der Waals surface area contributed by atoms with Gasteiger partial charge in [0.25, 0.3) is 5.91 Å². The van der Waals surface area contributed by atoms with E-state index in [1.165, 1.54) is 37.6 Å². The first kappa shape index (κ1) is 32.3. The third-order valence-corrected chi connectivity index (χ3v) is 7.59. The van der Waals surface area contributed by atoms with Crippen LogP contribution < -0.4 is 21.4 Å². The molecule has 1 aromatic heterocycles. The summed E-state index contributed by atoms with van der Waals surface area (Å²) in [5.74, 6) is -0.694. The Kier molecular flexibility index (Phi) is 10.4. The first-order valence-corrected chi connectivity index (χ1v) is 14.9. The molecule has 1 atom stereocenters. The number of aromatic nitrogens is 2. The van der Waals surface area contributed by atoms with Crippen molar-refractivity contribution in [1.29, 1.82) is 0 Å². The molecule has 12 heteroatoms. The summed E-state index contributed by atoms with van der Waals surface area (Å²) in [6.45, 7) is 4.75. The highest BCUT2D eigenvalue weighted by Crippen LogP contribution is 2.36. The second kappa shape index (κ2) is 14.8. The molecule has 0 aliphatic carbocycles. The quantitative estimate of drug-likeness (QED) is 0.126. The van der Waals surface area contributed by atoms with Gasteiger partial charge in [0, 0.05) is 43.1 Å². The summed E-state index contributed by atoms with van der Waals surface area (Å²) in [6.07, 6.45) is 2.56. The van der Waals surface area contributed by atoms with Crippen molar-refractivity contribution in [3.05, 3.63) is 114 Å². The maximum atomic E-state index is 13.8. The molecular weight excluding hydrogens is 595 g/mol. The SMILES string of the molecule is CC=CN1CCCC(c2cccc(NCc3ccc(Nc4ncc(C(F)(F)F)c(Nc5ccccc5C(=O)NOC)n4)cc3)c2)C1. The van der Waals surface area contributed by atoms with Gasteiger partial charge in [0.05, 0.1) is 18.4 Å². The van der Waals surface area contributed by atoms with Gasteiger partial charge in [0.15, 0.2) is 0 Å². The van der Waals surface area contributed by atoms with E-state index in [4.69, 9.17) is 0 Å². The number of nitrogens with zero attached hydrogens (tertiary/aromatic N) is 3. The molecular formula is C34H36F3N7O2. The van der Waals surface area contributed by atoms with Crippen LogP contribution in [-0.4, -0.2) is 41.0 Å². The lowest BCUT2D eigenvalue weighted by Crippen LogP contribution is -2.30. The van der Waals surface area contributed by atoms with E-state index >= 15 is 0 Å². The zero-order valence-electron chi connectivity index (χ0n) is 25.6. The molecule has 9 nitrogen and oxygen atoms in total. The number of piperidine rings is 1. The standard InChI is InChI=1S/C34H36F3N7O2/c1-3-17-44-18-7-9-25(22-44)24-8-6-10-27(19-24)38-20-23-13-15-26(16-14-23)40-33-39-21-29(34(35,36)37)31(42-33)41-30-12-5-4-11-28(30)32(45)43-46-2/h3-6,8,10-17,19,21,25,38H,7,9,18,20,22H2,1-2H3,(H,43,45)(H2,39,40,41,42). The summed E-state index contributed by atoms with van der Waals surface area (Å²) in [6, 6.07) is 22.1. The third kappa shape index (κ3) is 8.33. The van der Waals surface area contributed by atoms with Crippen molar-refractivity contribution in [2.75, 3.05) is 36.1 Å². The van der Waals surface area contributed by atoms with Crippen LogP contribution in [0.1, 0.15) is 52.7 Å². The van der Waals surface area contributed by atoms with Crippen LogP contribution in [0.25, 0.3) is 0 Å². The van der Waals surface area contributed by atoms with E-state index in [9.17, 15) is 18.0 Å². The fourth-order valence-corrected chi connectivity index (χ4v) is 5.38. The van der Waals surface area contributed by atoms with Crippen molar-refractivity contribution in [2.24, 2.45) is 0 Å². The third-order valence-electron chi connectivity index (χ3n) is 7.59. The molecule has 0 bridgehead atoms. The Morgan fingerprint density at radius 2 is 1.85 bits per heavy atom. The van der Waals surface area contributed by atoms with Gasteiger partial charge in [-0.3, -0.25) is 9.63 Å². The Hall–Kier alpha value is -5.10. The molecule has 1 unspecified atom stereocenters. The summed E-state index contributed by atoms with van der Waals surface area (Å²) in [5.41, 5.74) is 5.27. The highest BCUT2D eigenvalue weighted by molar-refractivity contribution is 5.99. The van der Waals surface area contributed by atoms with Gasteiger partial charge in [-0.2, -0.15) is 18.2 Å². The molecule has 0 radical (unpaired) electrons. The van der Waals surface area contributed by atoms with Crippen LogP contribution in [0.3, 0.4) is 0 Å². The Labute approximate surface area is 265 Å². The Bertz CT molecular complexity index is 1660. The summed E-state index contributed by atoms with van der Waals surface area (Å²) in [5, 5.41) is 9.11. The van der Waals surface area contributed by atoms with Crippen molar-refractivity contribution >= 4 is 34.7 Å². The number of para-hydroxylation sites is 1. The summed E-state index contributed by atoms with van der Waals surface area (Å²) in [4.78, 5) is 27.4. The summed E-state index contributed by atoms with van der Waals surface area (Å²) < 4.78 is 41.5. The lowest BCUT2D eigenvalue weighted by atomic mass is 9.90. The van der Waals surface area contributed by atoms with Crippen molar-refractivity contribution in [2.45, 2.75) is 38.4 Å². The number of hydrogen-bond acceptors (Lipinski definition) is 8. The van der Waals surface area contributed by atoms with Crippen LogP contribution in [-0.2, 0) is 17.6 Å². The molecule has 1 saturated heterocycles. The zero-order chi connectivity index (χ0) is 32.5. The van der Waals surface area contributed by atoms with E-state index in [-0.39, 0.29) is 17.2 Å². The van der Waals surface area contributed by atoms with E-state index in [2.05, 4.69) is 77.7 Å². The van der Waals surface area contributed by atoms with E-state index < -0.39 is 23.5 Å². The number of halogens is 3. The molecule has 1 amide bonds. The van der Waals surface area contributed by atoms with E-state index in [1.54, 1.807) is 12.1 Å². The molecule has 1 aliphatic rings. The minimum atomic E-state index is -4.73. The number of likely N-dealkylation sites (tertiary alicyclic amines) is 1.